The van der Waals surface area contributed by atoms with Gasteiger partial charge in [-0.3, -0.25) is 0 Å². The van der Waals surface area contributed by atoms with Gasteiger partial charge < -0.3 is 0 Å². The maximum Gasteiger partial charge on any atom is 0.156 e. The molecule has 0 N–H and O–H groups in total. The molecule has 0 radical (unpaired) electrons. The van der Waals surface area contributed by atoms with Crippen LogP contribution in [0, 0.1) is 17.4 Å². The Labute approximate surface area is 119 Å². The predicted octanol–water partition coefficient (Wildman–Crippen LogP) is 3.62. The molecular formula is C14H12IN3. The highest BCUT2D eigenvalue weighted by molar-refractivity contribution is 14.1. The van der Waals surface area contributed by atoms with Gasteiger partial charge in [0.15, 0.2) is 5.65 Å². The summed E-state index contributed by atoms with van der Waals surface area (Å²) >= 11 is 2.30. The number of benzene rings is 1. The summed E-state index contributed by atoms with van der Waals surface area (Å²) in [7, 11) is 0. The molecule has 0 aliphatic rings. The van der Waals surface area contributed by atoms with E-state index in [-0.39, 0.29) is 0 Å². The minimum Gasteiger partial charge on any atom is -0.234 e. The molecule has 3 rings (SSSR count). The molecular weight excluding hydrogens is 337 g/mol. The molecule has 1 aromatic carbocycles. The fourth-order valence-electron chi connectivity index (χ4n) is 2.05. The smallest absolute Gasteiger partial charge is 0.156 e. The summed E-state index contributed by atoms with van der Waals surface area (Å²) in [6, 6.07) is 12.4. The monoisotopic (exact) mass is 349 g/mol. The van der Waals surface area contributed by atoms with E-state index in [1.54, 1.807) is 0 Å². The highest BCUT2D eigenvalue weighted by atomic mass is 127. The third-order valence-corrected chi connectivity index (χ3v) is 3.59. The Kier molecular flexibility index (Phi) is 2.81. The predicted molar refractivity (Wildman–Crippen MR) is 80.6 cm³/mol. The zero-order valence-corrected chi connectivity index (χ0v) is 12.3. The Balaban J connectivity index is 2.19. The molecule has 0 unspecified atom stereocenters. The zero-order valence-electron chi connectivity index (χ0n) is 10.2. The van der Waals surface area contributed by atoms with Gasteiger partial charge in [-0.25, -0.2) is 9.50 Å². The average Bonchev–Trinajstić information content (AvgIpc) is 2.74. The van der Waals surface area contributed by atoms with E-state index in [1.165, 1.54) is 3.57 Å². The quantitative estimate of drug-likeness (QED) is 0.628. The van der Waals surface area contributed by atoms with E-state index in [9.17, 15) is 0 Å². The van der Waals surface area contributed by atoms with Crippen molar-refractivity contribution in [2.45, 2.75) is 13.8 Å². The van der Waals surface area contributed by atoms with Gasteiger partial charge in [-0.15, -0.1) is 0 Å². The minimum absolute atomic E-state index is 0.904. The van der Waals surface area contributed by atoms with Crippen LogP contribution in [-0.4, -0.2) is 14.6 Å². The molecule has 0 saturated carbocycles. The molecule has 0 fully saturated rings. The van der Waals surface area contributed by atoms with Crippen LogP contribution in [0.5, 0.6) is 0 Å². The van der Waals surface area contributed by atoms with Gasteiger partial charge in [0.2, 0.25) is 0 Å². The van der Waals surface area contributed by atoms with Gasteiger partial charge in [0, 0.05) is 26.6 Å². The van der Waals surface area contributed by atoms with Gasteiger partial charge >= 0.3 is 0 Å². The van der Waals surface area contributed by atoms with Gasteiger partial charge in [-0.2, -0.15) is 5.10 Å². The molecule has 0 saturated heterocycles. The van der Waals surface area contributed by atoms with Crippen LogP contribution < -0.4 is 0 Å². The molecule has 0 atom stereocenters. The first-order chi connectivity index (χ1) is 8.63. The second-order valence-corrected chi connectivity index (χ2v) is 5.59. The van der Waals surface area contributed by atoms with Crippen LogP contribution in [0.3, 0.4) is 0 Å². The van der Waals surface area contributed by atoms with E-state index in [0.717, 1.165) is 28.3 Å². The summed E-state index contributed by atoms with van der Waals surface area (Å²) in [4.78, 5) is 4.50. The maximum atomic E-state index is 4.60. The van der Waals surface area contributed by atoms with Crippen LogP contribution in [0.1, 0.15) is 11.4 Å². The standard InChI is InChI=1S/C14H12IN3/c1-9-7-10(2)18-14(16-9)8-13(17-18)11-3-5-12(15)6-4-11/h3-8H,1-2H3. The van der Waals surface area contributed by atoms with Crippen LogP contribution in [0.25, 0.3) is 16.9 Å². The van der Waals surface area contributed by atoms with Crippen molar-refractivity contribution in [2.75, 3.05) is 0 Å². The van der Waals surface area contributed by atoms with E-state index in [4.69, 9.17) is 0 Å². The van der Waals surface area contributed by atoms with E-state index in [1.807, 2.05) is 30.5 Å². The Morgan fingerprint density at radius 2 is 1.78 bits per heavy atom. The molecule has 3 aromatic rings. The first-order valence-electron chi connectivity index (χ1n) is 5.73. The molecule has 0 amide bonds. The van der Waals surface area contributed by atoms with Crippen LogP contribution in [0.2, 0.25) is 0 Å². The SMILES string of the molecule is Cc1cc(C)n2nc(-c3ccc(I)cc3)cc2n1. The van der Waals surface area contributed by atoms with E-state index < -0.39 is 0 Å². The second-order valence-electron chi connectivity index (χ2n) is 4.35. The number of fused-ring (bicyclic) bond motifs is 1. The first-order valence-corrected chi connectivity index (χ1v) is 6.81. The fourth-order valence-corrected chi connectivity index (χ4v) is 2.41. The Morgan fingerprint density at radius 3 is 2.50 bits per heavy atom. The van der Waals surface area contributed by atoms with Crippen molar-refractivity contribution < 1.29 is 0 Å². The van der Waals surface area contributed by atoms with E-state index >= 15 is 0 Å². The topological polar surface area (TPSA) is 30.2 Å². The normalized spacial score (nSPS) is 11.1. The third-order valence-electron chi connectivity index (χ3n) is 2.87. The molecule has 4 heteroatoms. The summed E-state index contributed by atoms with van der Waals surface area (Å²) < 4.78 is 3.12. The number of aromatic nitrogens is 3. The number of nitrogens with zero attached hydrogens (tertiary/aromatic N) is 3. The van der Waals surface area contributed by atoms with E-state index in [0.29, 0.717) is 0 Å². The molecule has 0 aliphatic heterocycles. The molecule has 90 valence electrons. The summed E-state index contributed by atoms with van der Waals surface area (Å²) in [5.41, 5.74) is 5.12. The van der Waals surface area contributed by atoms with Gasteiger partial charge in [0.25, 0.3) is 0 Å². The maximum absolute atomic E-state index is 4.60. The van der Waals surface area contributed by atoms with Crippen LogP contribution in [0.4, 0.5) is 0 Å². The molecule has 0 bridgehead atoms. The first kappa shape index (κ1) is 11.6. The summed E-state index contributed by atoms with van der Waals surface area (Å²) in [5.74, 6) is 0. The van der Waals surface area contributed by atoms with Crippen molar-refractivity contribution in [3.05, 3.63) is 51.4 Å². The zero-order chi connectivity index (χ0) is 12.7. The van der Waals surface area contributed by atoms with E-state index in [2.05, 4.69) is 56.9 Å². The number of rotatable bonds is 1. The van der Waals surface area contributed by atoms with Crippen molar-refractivity contribution in [1.29, 1.82) is 0 Å². The summed E-state index contributed by atoms with van der Waals surface area (Å²) in [5, 5.41) is 4.60. The van der Waals surface area contributed by atoms with Crippen LogP contribution >= 0.6 is 22.6 Å². The lowest BCUT2D eigenvalue weighted by Gasteiger charge is -1.99. The van der Waals surface area contributed by atoms with Crippen molar-refractivity contribution in [3.8, 4) is 11.3 Å². The molecule has 0 spiro atoms. The highest BCUT2D eigenvalue weighted by Gasteiger charge is 2.07. The minimum atomic E-state index is 0.904. The molecule has 2 aromatic heterocycles. The fraction of sp³-hybridized carbons (Fsp3) is 0.143. The number of hydrogen-bond acceptors (Lipinski definition) is 2. The summed E-state index contributed by atoms with van der Waals surface area (Å²) in [6.07, 6.45) is 0. The van der Waals surface area contributed by atoms with Gasteiger partial charge in [0.1, 0.15) is 0 Å². The highest BCUT2D eigenvalue weighted by Crippen LogP contribution is 2.21. The van der Waals surface area contributed by atoms with Gasteiger partial charge in [-0.05, 0) is 54.6 Å². The van der Waals surface area contributed by atoms with Crippen molar-refractivity contribution >= 4 is 28.2 Å². The summed E-state index contributed by atoms with van der Waals surface area (Å²) in [6.45, 7) is 4.05. The van der Waals surface area contributed by atoms with Crippen molar-refractivity contribution in [1.82, 2.24) is 14.6 Å². The average molecular weight is 349 g/mol. The van der Waals surface area contributed by atoms with Crippen molar-refractivity contribution in [2.24, 2.45) is 0 Å². The Bertz CT molecular complexity index is 714. The molecule has 2 heterocycles. The lowest BCUT2D eigenvalue weighted by Crippen LogP contribution is -1.96. The number of halogens is 1. The lowest BCUT2D eigenvalue weighted by atomic mass is 10.2. The number of hydrogen-bond donors (Lipinski definition) is 0. The molecule has 0 aliphatic carbocycles. The van der Waals surface area contributed by atoms with Gasteiger partial charge in [-0.1, -0.05) is 12.1 Å². The van der Waals surface area contributed by atoms with Crippen molar-refractivity contribution in [3.63, 3.8) is 0 Å². The third kappa shape index (κ3) is 2.01. The van der Waals surface area contributed by atoms with Gasteiger partial charge in [0.05, 0.1) is 5.69 Å². The second kappa shape index (κ2) is 4.35. The Hall–Kier alpha value is -1.43. The van der Waals surface area contributed by atoms with Crippen LogP contribution in [-0.2, 0) is 0 Å². The largest absolute Gasteiger partial charge is 0.234 e. The Morgan fingerprint density at radius 1 is 1.06 bits per heavy atom. The molecule has 3 nitrogen and oxygen atoms in total. The lowest BCUT2D eigenvalue weighted by molar-refractivity contribution is 0.889. The van der Waals surface area contributed by atoms with Crippen LogP contribution in [0.15, 0.2) is 36.4 Å². The number of aryl methyl sites for hydroxylation is 2. The molecule has 18 heavy (non-hydrogen) atoms.